The number of hydrogen-bond donors (Lipinski definition) is 3. The molecule has 2 atom stereocenters. The minimum absolute atomic E-state index is 0.0700. The van der Waals surface area contributed by atoms with Crippen LogP contribution in [0, 0.1) is 11.8 Å². The minimum Gasteiger partial charge on any atom is -0.497 e. The summed E-state index contributed by atoms with van der Waals surface area (Å²) in [5.41, 5.74) is 5.20. The van der Waals surface area contributed by atoms with Crippen LogP contribution in [0.3, 0.4) is 0 Å². The number of carbonyl (C=O) groups excluding carboxylic acids is 1. The number of imidazole rings is 1. The zero-order chi connectivity index (χ0) is 23.7. The number of carbonyl (C=O) groups is 2. The van der Waals surface area contributed by atoms with Crippen LogP contribution >= 0.6 is 0 Å². The van der Waals surface area contributed by atoms with Gasteiger partial charge in [-0.2, -0.15) is 0 Å². The number of ether oxygens (including phenoxy) is 1. The van der Waals surface area contributed by atoms with Gasteiger partial charge in [-0.3, -0.25) is 9.59 Å². The fourth-order valence-electron chi connectivity index (χ4n) is 4.66. The zero-order valence-electron chi connectivity index (χ0n) is 18.7. The average molecular weight is 456 g/mol. The number of aromatic amines is 1. The number of nitrogens with one attached hydrogen (secondary N) is 2. The van der Waals surface area contributed by atoms with E-state index in [1.807, 2.05) is 54.6 Å². The van der Waals surface area contributed by atoms with Gasteiger partial charge in [-0.1, -0.05) is 42.8 Å². The van der Waals surface area contributed by atoms with Crippen molar-refractivity contribution in [3.63, 3.8) is 0 Å². The van der Waals surface area contributed by atoms with Gasteiger partial charge in [-0.05, 0) is 48.2 Å². The summed E-state index contributed by atoms with van der Waals surface area (Å²) in [6.45, 7) is 0. The number of anilines is 2. The summed E-state index contributed by atoms with van der Waals surface area (Å²) in [6, 6.07) is 21.0. The molecule has 0 saturated heterocycles. The van der Waals surface area contributed by atoms with Gasteiger partial charge in [-0.15, -0.1) is 0 Å². The first kappa shape index (κ1) is 21.7. The molecule has 1 aliphatic rings. The monoisotopic (exact) mass is 455 g/mol. The van der Waals surface area contributed by atoms with Crippen molar-refractivity contribution in [2.75, 3.05) is 12.4 Å². The van der Waals surface area contributed by atoms with Crippen molar-refractivity contribution < 1.29 is 19.4 Å². The molecule has 0 amide bonds. The number of benzene rings is 3. The van der Waals surface area contributed by atoms with E-state index >= 15 is 0 Å². The minimum atomic E-state index is -0.872. The first-order valence-corrected chi connectivity index (χ1v) is 11.3. The van der Waals surface area contributed by atoms with E-state index in [1.54, 1.807) is 19.2 Å². The van der Waals surface area contributed by atoms with Crippen molar-refractivity contribution in [1.29, 1.82) is 0 Å². The number of nitrogens with zero attached hydrogens (tertiary/aromatic N) is 1. The maximum Gasteiger partial charge on any atom is 0.307 e. The van der Waals surface area contributed by atoms with Crippen LogP contribution < -0.4 is 10.1 Å². The number of ketones is 1. The molecule has 1 heterocycles. The molecule has 3 aromatic carbocycles. The standard InChI is InChI=1S/C27H25N3O4/c1-34-20-13-14-23-24(15-20)30-27(29-23)28-19-11-9-17(10-12-19)16-5-7-18(8-6-16)25(31)21-3-2-4-22(21)26(32)33/h5-15,21-22H,2-4H2,1H3,(H,32,33)(H2,28,29,30). The van der Waals surface area contributed by atoms with Crippen LogP contribution in [0.4, 0.5) is 11.6 Å². The smallest absolute Gasteiger partial charge is 0.307 e. The highest BCUT2D eigenvalue weighted by molar-refractivity contribution is 6.00. The average Bonchev–Trinajstić information content (AvgIpc) is 3.51. The highest BCUT2D eigenvalue weighted by Crippen LogP contribution is 2.35. The van der Waals surface area contributed by atoms with E-state index in [0.717, 1.165) is 40.0 Å². The van der Waals surface area contributed by atoms with E-state index in [2.05, 4.69) is 15.3 Å². The molecule has 1 aromatic heterocycles. The predicted molar refractivity (Wildman–Crippen MR) is 131 cm³/mol. The summed E-state index contributed by atoms with van der Waals surface area (Å²) >= 11 is 0. The van der Waals surface area contributed by atoms with Gasteiger partial charge in [0.1, 0.15) is 5.75 Å². The highest BCUT2D eigenvalue weighted by atomic mass is 16.5. The number of carboxylic acid groups (broad SMARTS) is 1. The van der Waals surface area contributed by atoms with Crippen molar-refractivity contribution in [3.8, 4) is 16.9 Å². The van der Waals surface area contributed by atoms with Crippen molar-refractivity contribution in [2.24, 2.45) is 11.8 Å². The summed E-state index contributed by atoms with van der Waals surface area (Å²) in [7, 11) is 1.63. The molecule has 7 heteroatoms. The number of hydrogen-bond acceptors (Lipinski definition) is 5. The third-order valence-electron chi connectivity index (χ3n) is 6.51. The van der Waals surface area contributed by atoms with Crippen molar-refractivity contribution in [2.45, 2.75) is 19.3 Å². The second kappa shape index (κ2) is 9.02. The lowest BCUT2D eigenvalue weighted by molar-refractivity contribution is -0.142. The molecule has 1 fully saturated rings. The molecule has 4 aromatic rings. The number of Topliss-reactive ketones (excluding diaryl/α,β-unsaturated/α-hetero) is 1. The Hall–Kier alpha value is -4.13. The molecule has 5 rings (SSSR count). The number of fused-ring (bicyclic) bond motifs is 1. The number of rotatable bonds is 7. The normalized spacial score (nSPS) is 17.6. The largest absolute Gasteiger partial charge is 0.497 e. The Balaban J connectivity index is 1.28. The Morgan fingerprint density at radius 1 is 0.971 bits per heavy atom. The van der Waals surface area contributed by atoms with Gasteiger partial charge in [0.2, 0.25) is 5.95 Å². The molecule has 0 spiro atoms. The maximum absolute atomic E-state index is 12.8. The molecule has 2 unspecified atom stereocenters. The van der Waals surface area contributed by atoms with Crippen LogP contribution in [0.2, 0.25) is 0 Å². The molecule has 3 N–H and O–H groups in total. The predicted octanol–water partition coefficient (Wildman–Crippen LogP) is 5.67. The van der Waals surface area contributed by atoms with Gasteiger partial charge < -0.3 is 20.1 Å². The SMILES string of the molecule is COc1ccc2[nH]c(Nc3ccc(-c4ccc(C(=O)C5CCCC5C(=O)O)cc4)cc3)nc2c1. The van der Waals surface area contributed by atoms with Gasteiger partial charge in [0.15, 0.2) is 5.78 Å². The lowest BCUT2D eigenvalue weighted by Gasteiger charge is -2.14. The van der Waals surface area contributed by atoms with Crippen molar-refractivity contribution >= 4 is 34.4 Å². The third-order valence-corrected chi connectivity index (χ3v) is 6.51. The Bertz CT molecular complexity index is 1340. The first-order valence-electron chi connectivity index (χ1n) is 11.3. The van der Waals surface area contributed by atoms with Gasteiger partial charge in [0.05, 0.1) is 24.1 Å². The van der Waals surface area contributed by atoms with Crippen LogP contribution in [0.5, 0.6) is 5.75 Å². The Morgan fingerprint density at radius 3 is 2.32 bits per heavy atom. The van der Waals surface area contributed by atoms with E-state index in [1.165, 1.54) is 0 Å². The van der Waals surface area contributed by atoms with Crippen LogP contribution in [-0.4, -0.2) is 33.9 Å². The van der Waals surface area contributed by atoms with Crippen LogP contribution in [0.15, 0.2) is 66.7 Å². The van der Waals surface area contributed by atoms with Crippen LogP contribution in [0.1, 0.15) is 29.6 Å². The van der Waals surface area contributed by atoms with E-state index in [4.69, 9.17) is 4.74 Å². The number of methoxy groups -OCH3 is 1. The van der Waals surface area contributed by atoms with E-state index in [-0.39, 0.29) is 5.78 Å². The van der Waals surface area contributed by atoms with E-state index in [0.29, 0.717) is 24.4 Å². The molecule has 0 bridgehead atoms. The molecule has 34 heavy (non-hydrogen) atoms. The highest BCUT2D eigenvalue weighted by Gasteiger charge is 2.37. The van der Waals surface area contributed by atoms with Gasteiger partial charge in [0, 0.05) is 23.2 Å². The maximum atomic E-state index is 12.8. The first-order chi connectivity index (χ1) is 16.5. The Kier molecular flexibility index (Phi) is 5.76. The summed E-state index contributed by atoms with van der Waals surface area (Å²) in [5.74, 6) is -0.532. The fraction of sp³-hybridized carbons (Fsp3) is 0.222. The molecule has 1 aliphatic carbocycles. The second-order valence-corrected chi connectivity index (χ2v) is 8.59. The number of aromatic nitrogens is 2. The quantitative estimate of drug-likeness (QED) is 0.310. The number of aliphatic carboxylic acids is 1. The van der Waals surface area contributed by atoms with Crippen LogP contribution in [0.25, 0.3) is 22.2 Å². The summed E-state index contributed by atoms with van der Waals surface area (Å²) < 4.78 is 5.25. The summed E-state index contributed by atoms with van der Waals surface area (Å²) in [4.78, 5) is 32.1. The lowest BCUT2D eigenvalue weighted by Crippen LogP contribution is -2.25. The lowest BCUT2D eigenvalue weighted by atomic mass is 9.88. The Labute approximate surface area is 196 Å². The van der Waals surface area contributed by atoms with Gasteiger partial charge in [-0.25, -0.2) is 4.98 Å². The van der Waals surface area contributed by atoms with Crippen molar-refractivity contribution in [1.82, 2.24) is 9.97 Å². The molecule has 7 nitrogen and oxygen atoms in total. The molecule has 1 saturated carbocycles. The molecule has 0 radical (unpaired) electrons. The molecule has 0 aliphatic heterocycles. The van der Waals surface area contributed by atoms with E-state index in [9.17, 15) is 14.7 Å². The summed E-state index contributed by atoms with van der Waals surface area (Å²) in [6.07, 6.45) is 2.01. The molecule has 172 valence electrons. The topological polar surface area (TPSA) is 104 Å². The molecular formula is C27H25N3O4. The van der Waals surface area contributed by atoms with Crippen LogP contribution in [-0.2, 0) is 4.79 Å². The number of H-pyrrole nitrogens is 1. The van der Waals surface area contributed by atoms with Gasteiger partial charge in [0.25, 0.3) is 0 Å². The third kappa shape index (κ3) is 4.24. The van der Waals surface area contributed by atoms with Crippen molar-refractivity contribution in [3.05, 3.63) is 72.3 Å². The summed E-state index contributed by atoms with van der Waals surface area (Å²) in [5, 5.41) is 12.7. The number of carboxylic acids is 1. The van der Waals surface area contributed by atoms with Gasteiger partial charge >= 0.3 is 5.97 Å². The molecular weight excluding hydrogens is 430 g/mol. The zero-order valence-corrected chi connectivity index (χ0v) is 18.7. The second-order valence-electron chi connectivity index (χ2n) is 8.59. The Morgan fingerprint density at radius 2 is 1.65 bits per heavy atom. The fourth-order valence-corrected chi connectivity index (χ4v) is 4.66. The van der Waals surface area contributed by atoms with E-state index < -0.39 is 17.8 Å².